The minimum absolute atomic E-state index is 0.119. The maximum Gasteiger partial charge on any atom is 0.337 e. The van der Waals surface area contributed by atoms with Gasteiger partial charge in [-0.3, -0.25) is 4.68 Å². The van der Waals surface area contributed by atoms with Crippen molar-refractivity contribution in [3.63, 3.8) is 0 Å². The van der Waals surface area contributed by atoms with Crippen LogP contribution in [-0.2, 0) is 6.54 Å². The average Bonchev–Trinajstić information content (AvgIpc) is 2.87. The van der Waals surface area contributed by atoms with E-state index in [-0.39, 0.29) is 11.3 Å². The molecular weight excluding hydrogens is 246 g/mol. The molecule has 1 aromatic heterocycles. The van der Waals surface area contributed by atoms with Crippen LogP contribution >= 0.6 is 0 Å². The molecule has 0 bridgehead atoms. The Kier molecular flexibility index (Phi) is 3.97. The summed E-state index contributed by atoms with van der Waals surface area (Å²) in [6, 6.07) is 4.83. The molecule has 0 aliphatic carbocycles. The molecule has 0 saturated carbocycles. The van der Waals surface area contributed by atoms with Crippen molar-refractivity contribution < 1.29 is 9.90 Å². The van der Waals surface area contributed by atoms with Crippen molar-refractivity contribution in [3.05, 3.63) is 36.2 Å². The lowest BCUT2D eigenvalue weighted by atomic mass is 10.1. The first-order valence-corrected chi connectivity index (χ1v) is 5.87. The van der Waals surface area contributed by atoms with Gasteiger partial charge in [0.25, 0.3) is 0 Å². The number of carbonyl (C=O) groups is 1. The number of hydrogen-bond acceptors (Lipinski definition) is 5. The number of nitrogens with one attached hydrogen (secondary N) is 1. The smallest absolute Gasteiger partial charge is 0.337 e. The Morgan fingerprint density at radius 2 is 2.32 bits per heavy atom. The minimum atomic E-state index is -1.02. The summed E-state index contributed by atoms with van der Waals surface area (Å²) in [7, 11) is 0. The highest BCUT2D eigenvalue weighted by molar-refractivity contribution is 5.94. The third kappa shape index (κ3) is 3.44. The van der Waals surface area contributed by atoms with Crippen molar-refractivity contribution in [3.8, 4) is 0 Å². The second kappa shape index (κ2) is 5.85. The summed E-state index contributed by atoms with van der Waals surface area (Å²) >= 11 is 0. The van der Waals surface area contributed by atoms with Crippen molar-refractivity contribution in [1.29, 1.82) is 0 Å². The van der Waals surface area contributed by atoms with E-state index in [1.54, 1.807) is 29.2 Å². The van der Waals surface area contributed by atoms with Gasteiger partial charge in [0.05, 0.1) is 11.8 Å². The number of aromatic nitrogens is 3. The number of rotatable bonds is 6. The maximum atomic E-state index is 10.8. The fraction of sp³-hybridized carbons (Fsp3) is 0.250. The second-order valence-corrected chi connectivity index (χ2v) is 4.05. The predicted octanol–water partition coefficient (Wildman–Crippen LogP) is 1.06. The highest BCUT2D eigenvalue weighted by atomic mass is 16.4. The predicted molar refractivity (Wildman–Crippen MR) is 70.9 cm³/mol. The molecule has 0 fully saturated rings. The van der Waals surface area contributed by atoms with Gasteiger partial charge in [-0.2, -0.15) is 0 Å². The summed E-state index contributed by atoms with van der Waals surface area (Å²) in [5, 5.41) is 19.6. The number of carboxylic acid groups (broad SMARTS) is 1. The molecule has 0 aliphatic rings. The number of benzene rings is 1. The molecule has 100 valence electrons. The van der Waals surface area contributed by atoms with Gasteiger partial charge in [0, 0.05) is 30.7 Å². The summed E-state index contributed by atoms with van der Waals surface area (Å²) in [6.07, 6.45) is 4.32. The molecule has 0 unspecified atom stereocenters. The molecule has 0 saturated heterocycles. The van der Waals surface area contributed by atoms with Gasteiger partial charge in [0.1, 0.15) is 0 Å². The van der Waals surface area contributed by atoms with Crippen LogP contribution in [0.25, 0.3) is 0 Å². The number of hydrogen-bond donors (Lipinski definition) is 3. The SMILES string of the molecule is Nc1cc(NCCCn2ccnn2)ccc1C(=O)O. The van der Waals surface area contributed by atoms with Gasteiger partial charge in [-0.1, -0.05) is 5.21 Å². The van der Waals surface area contributed by atoms with Crippen molar-refractivity contribution in [2.75, 3.05) is 17.6 Å². The van der Waals surface area contributed by atoms with Gasteiger partial charge in [-0.15, -0.1) is 5.10 Å². The van der Waals surface area contributed by atoms with Crippen molar-refractivity contribution in [2.45, 2.75) is 13.0 Å². The third-order valence-corrected chi connectivity index (χ3v) is 2.65. The van der Waals surface area contributed by atoms with Crippen molar-refractivity contribution >= 4 is 17.3 Å². The van der Waals surface area contributed by atoms with Gasteiger partial charge in [-0.05, 0) is 24.6 Å². The highest BCUT2D eigenvalue weighted by Crippen LogP contribution is 2.17. The minimum Gasteiger partial charge on any atom is -0.478 e. The van der Waals surface area contributed by atoms with Crippen molar-refractivity contribution in [1.82, 2.24) is 15.0 Å². The van der Waals surface area contributed by atoms with E-state index in [1.165, 1.54) is 6.07 Å². The van der Waals surface area contributed by atoms with E-state index in [4.69, 9.17) is 10.8 Å². The molecule has 1 heterocycles. The average molecular weight is 261 g/mol. The third-order valence-electron chi connectivity index (χ3n) is 2.65. The standard InChI is InChI=1S/C12H15N5O2/c13-11-8-9(2-3-10(11)12(18)19)14-4-1-6-17-7-5-15-16-17/h2-3,5,7-8,14H,1,4,6,13H2,(H,18,19). The molecule has 0 aliphatic heterocycles. The van der Waals surface area contributed by atoms with E-state index in [0.29, 0.717) is 0 Å². The quantitative estimate of drug-likeness (QED) is 0.530. The number of carboxylic acids is 1. The number of nitrogens with two attached hydrogens (primary N) is 1. The monoisotopic (exact) mass is 261 g/mol. The molecule has 0 amide bonds. The molecule has 7 nitrogen and oxygen atoms in total. The highest BCUT2D eigenvalue weighted by Gasteiger charge is 2.07. The van der Waals surface area contributed by atoms with Gasteiger partial charge < -0.3 is 16.2 Å². The largest absolute Gasteiger partial charge is 0.478 e. The lowest BCUT2D eigenvalue weighted by molar-refractivity contribution is 0.0698. The molecular formula is C12H15N5O2. The first kappa shape index (κ1) is 12.9. The number of nitrogens with zero attached hydrogens (tertiary/aromatic N) is 3. The van der Waals surface area contributed by atoms with Crippen LogP contribution in [0.4, 0.5) is 11.4 Å². The van der Waals surface area contributed by atoms with Crippen LogP contribution in [0.15, 0.2) is 30.6 Å². The normalized spacial score (nSPS) is 10.3. The molecule has 4 N–H and O–H groups in total. The summed E-state index contributed by atoms with van der Waals surface area (Å²) < 4.78 is 1.75. The molecule has 19 heavy (non-hydrogen) atoms. The Labute approximate surface area is 110 Å². The first-order valence-electron chi connectivity index (χ1n) is 5.87. The van der Waals surface area contributed by atoms with E-state index >= 15 is 0 Å². The zero-order valence-electron chi connectivity index (χ0n) is 10.3. The molecule has 0 radical (unpaired) electrons. The number of aryl methyl sites for hydroxylation is 1. The lowest BCUT2D eigenvalue weighted by Gasteiger charge is -2.08. The van der Waals surface area contributed by atoms with Crippen LogP contribution in [0.2, 0.25) is 0 Å². The Hall–Kier alpha value is -2.57. The fourth-order valence-corrected chi connectivity index (χ4v) is 1.69. The molecule has 2 rings (SSSR count). The first-order chi connectivity index (χ1) is 9.16. The Balaban J connectivity index is 1.83. The Morgan fingerprint density at radius 3 is 2.95 bits per heavy atom. The van der Waals surface area contributed by atoms with E-state index < -0.39 is 5.97 Å². The maximum absolute atomic E-state index is 10.8. The summed E-state index contributed by atoms with van der Waals surface area (Å²) in [5.74, 6) is -1.02. The van der Waals surface area contributed by atoms with Gasteiger partial charge in [-0.25, -0.2) is 4.79 Å². The number of anilines is 2. The Morgan fingerprint density at radius 1 is 1.47 bits per heavy atom. The van der Waals surface area contributed by atoms with Crippen LogP contribution in [-0.4, -0.2) is 32.6 Å². The second-order valence-electron chi connectivity index (χ2n) is 4.05. The van der Waals surface area contributed by atoms with E-state index in [1.807, 2.05) is 0 Å². The van der Waals surface area contributed by atoms with Crippen LogP contribution in [0.1, 0.15) is 16.8 Å². The van der Waals surface area contributed by atoms with E-state index in [0.717, 1.165) is 25.2 Å². The molecule has 0 atom stereocenters. The molecule has 2 aromatic rings. The van der Waals surface area contributed by atoms with E-state index in [9.17, 15) is 4.79 Å². The van der Waals surface area contributed by atoms with Gasteiger partial charge >= 0.3 is 5.97 Å². The van der Waals surface area contributed by atoms with Gasteiger partial charge in [0.15, 0.2) is 0 Å². The fourth-order valence-electron chi connectivity index (χ4n) is 1.69. The molecule has 1 aromatic carbocycles. The Bertz CT molecular complexity index is 553. The number of nitrogen functional groups attached to an aromatic ring is 1. The molecule has 0 spiro atoms. The van der Waals surface area contributed by atoms with E-state index in [2.05, 4.69) is 15.6 Å². The van der Waals surface area contributed by atoms with Crippen molar-refractivity contribution in [2.24, 2.45) is 0 Å². The summed E-state index contributed by atoms with van der Waals surface area (Å²) in [6.45, 7) is 1.52. The zero-order valence-corrected chi connectivity index (χ0v) is 10.3. The van der Waals surface area contributed by atoms with Crippen LogP contribution in [0.5, 0.6) is 0 Å². The van der Waals surface area contributed by atoms with Crippen LogP contribution in [0, 0.1) is 0 Å². The van der Waals surface area contributed by atoms with Crippen LogP contribution in [0.3, 0.4) is 0 Å². The summed E-state index contributed by atoms with van der Waals surface area (Å²) in [5.41, 5.74) is 6.84. The summed E-state index contributed by atoms with van der Waals surface area (Å²) in [4.78, 5) is 10.8. The number of aromatic carboxylic acids is 1. The lowest BCUT2D eigenvalue weighted by Crippen LogP contribution is -2.08. The van der Waals surface area contributed by atoms with Gasteiger partial charge in [0.2, 0.25) is 0 Å². The molecule has 7 heteroatoms. The van der Waals surface area contributed by atoms with Crippen LogP contribution < -0.4 is 11.1 Å². The topological polar surface area (TPSA) is 106 Å². The zero-order chi connectivity index (χ0) is 13.7.